The number of para-hydroxylation sites is 1. The zero-order valence-corrected chi connectivity index (χ0v) is 17.0. The van der Waals surface area contributed by atoms with Crippen LogP contribution in [0.15, 0.2) is 60.7 Å². The van der Waals surface area contributed by atoms with Crippen LogP contribution in [0.5, 0.6) is 5.75 Å². The number of rotatable bonds is 6. The molecule has 3 heteroatoms. The molecular weight excluding hydrogens is 344 g/mol. The van der Waals surface area contributed by atoms with Crippen LogP contribution in [0, 0.1) is 13.8 Å². The van der Waals surface area contributed by atoms with Crippen molar-refractivity contribution in [1.29, 1.82) is 0 Å². The highest BCUT2D eigenvalue weighted by Gasteiger charge is 2.19. The van der Waals surface area contributed by atoms with Crippen molar-refractivity contribution in [3.63, 3.8) is 0 Å². The maximum atomic E-state index is 5.99. The van der Waals surface area contributed by atoms with Crippen LogP contribution in [0.1, 0.15) is 17.5 Å². The highest BCUT2D eigenvalue weighted by atomic mass is 16.5. The summed E-state index contributed by atoms with van der Waals surface area (Å²) in [7, 11) is 0. The molecule has 146 valence electrons. The Hall–Kier alpha value is -2.52. The van der Waals surface area contributed by atoms with E-state index in [0.29, 0.717) is 0 Å². The Morgan fingerprint density at radius 1 is 0.786 bits per heavy atom. The van der Waals surface area contributed by atoms with Crippen molar-refractivity contribution in [1.82, 2.24) is 4.90 Å². The summed E-state index contributed by atoms with van der Waals surface area (Å²) in [6.07, 6.45) is 1.07. The molecule has 0 radical (unpaired) electrons. The lowest BCUT2D eigenvalue weighted by Gasteiger charge is -2.37. The number of hydrogen-bond acceptors (Lipinski definition) is 3. The van der Waals surface area contributed by atoms with Gasteiger partial charge in [-0.15, -0.1) is 0 Å². The molecule has 1 aliphatic rings. The lowest BCUT2D eigenvalue weighted by molar-refractivity contribution is 0.224. The van der Waals surface area contributed by atoms with Crippen LogP contribution in [0.25, 0.3) is 10.8 Å². The Kier molecular flexibility index (Phi) is 5.82. The summed E-state index contributed by atoms with van der Waals surface area (Å²) in [5.41, 5.74) is 4.20. The fourth-order valence-corrected chi connectivity index (χ4v) is 4.23. The van der Waals surface area contributed by atoms with E-state index in [2.05, 4.69) is 84.3 Å². The van der Waals surface area contributed by atoms with Crippen LogP contribution in [0.3, 0.4) is 0 Å². The number of nitrogens with zero attached hydrogens (tertiary/aromatic N) is 2. The standard InChI is InChI=1S/C25H30N2O/c1-20-7-5-8-21(2)25(20)27-16-14-26(15-17-27)13-6-18-28-24-12-11-22-9-3-4-10-23(22)19-24/h3-5,7-12,19H,6,13-18H2,1-2H3. The van der Waals surface area contributed by atoms with Gasteiger partial charge in [0.2, 0.25) is 0 Å². The molecule has 1 fully saturated rings. The zero-order chi connectivity index (χ0) is 19.3. The Balaban J connectivity index is 1.22. The molecule has 0 amide bonds. The van der Waals surface area contributed by atoms with Gasteiger partial charge in [0.1, 0.15) is 5.75 Å². The van der Waals surface area contributed by atoms with Crippen molar-refractivity contribution >= 4 is 16.5 Å². The first-order valence-electron chi connectivity index (χ1n) is 10.4. The van der Waals surface area contributed by atoms with E-state index in [9.17, 15) is 0 Å². The Labute approximate surface area is 168 Å². The van der Waals surface area contributed by atoms with Crippen molar-refractivity contribution < 1.29 is 4.74 Å². The molecule has 1 heterocycles. The SMILES string of the molecule is Cc1cccc(C)c1N1CCN(CCCOc2ccc3ccccc3c2)CC1. The van der Waals surface area contributed by atoms with Gasteiger partial charge in [0.25, 0.3) is 0 Å². The second-order valence-electron chi connectivity index (χ2n) is 7.78. The van der Waals surface area contributed by atoms with Gasteiger partial charge >= 0.3 is 0 Å². The van der Waals surface area contributed by atoms with Crippen molar-refractivity contribution in [3.8, 4) is 5.75 Å². The van der Waals surface area contributed by atoms with Crippen molar-refractivity contribution in [2.45, 2.75) is 20.3 Å². The van der Waals surface area contributed by atoms with E-state index in [-0.39, 0.29) is 0 Å². The number of anilines is 1. The van der Waals surface area contributed by atoms with Gasteiger partial charge in [-0.25, -0.2) is 0 Å². The van der Waals surface area contributed by atoms with E-state index in [1.54, 1.807) is 0 Å². The maximum Gasteiger partial charge on any atom is 0.119 e. The number of benzene rings is 3. The molecule has 4 rings (SSSR count). The van der Waals surface area contributed by atoms with Crippen LogP contribution in [0.2, 0.25) is 0 Å². The second-order valence-corrected chi connectivity index (χ2v) is 7.78. The molecule has 3 aromatic rings. The first kappa shape index (κ1) is 18.8. The van der Waals surface area contributed by atoms with Gasteiger partial charge in [-0.05, 0) is 54.3 Å². The lowest BCUT2D eigenvalue weighted by atomic mass is 10.1. The van der Waals surface area contributed by atoms with E-state index in [0.717, 1.165) is 51.5 Å². The number of aryl methyl sites for hydroxylation is 2. The Bertz CT molecular complexity index is 908. The molecule has 0 aromatic heterocycles. The van der Waals surface area contributed by atoms with Crippen molar-refractivity contribution in [2.24, 2.45) is 0 Å². The van der Waals surface area contributed by atoms with Gasteiger partial charge in [-0.1, -0.05) is 48.5 Å². The zero-order valence-electron chi connectivity index (χ0n) is 17.0. The second kappa shape index (κ2) is 8.66. The molecule has 1 aliphatic heterocycles. The Morgan fingerprint density at radius 3 is 2.25 bits per heavy atom. The smallest absolute Gasteiger partial charge is 0.119 e. The third-order valence-electron chi connectivity index (χ3n) is 5.74. The minimum atomic E-state index is 0.773. The average Bonchev–Trinajstić information content (AvgIpc) is 2.72. The van der Waals surface area contributed by atoms with Gasteiger partial charge in [-0.3, -0.25) is 4.90 Å². The number of hydrogen-bond donors (Lipinski definition) is 0. The minimum Gasteiger partial charge on any atom is -0.494 e. The van der Waals surface area contributed by atoms with Crippen LogP contribution in [-0.4, -0.2) is 44.2 Å². The van der Waals surface area contributed by atoms with Crippen molar-refractivity contribution in [2.75, 3.05) is 44.2 Å². The maximum absolute atomic E-state index is 5.99. The number of fused-ring (bicyclic) bond motifs is 1. The fourth-order valence-electron chi connectivity index (χ4n) is 4.23. The molecule has 0 saturated carbocycles. The van der Waals surface area contributed by atoms with Crippen LogP contribution < -0.4 is 9.64 Å². The molecule has 0 unspecified atom stereocenters. The predicted octanol–water partition coefficient (Wildman–Crippen LogP) is 5.05. The van der Waals surface area contributed by atoms with Crippen LogP contribution in [-0.2, 0) is 0 Å². The van der Waals surface area contributed by atoms with E-state index in [4.69, 9.17) is 4.74 Å². The van der Waals surface area contributed by atoms with Gasteiger partial charge in [0.05, 0.1) is 6.61 Å². The lowest BCUT2D eigenvalue weighted by Crippen LogP contribution is -2.47. The quantitative estimate of drug-likeness (QED) is 0.562. The normalized spacial score (nSPS) is 15.1. The number of ether oxygens (including phenoxy) is 1. The summed E-state index contributed by atoms with van der Waals surface area (Å²) in [6.45, 7) is 10.8. The summed E-state index contributed by atoms with van der Waals surface area (Å²) in [5, 5.41) is 2.50. The molecule has 0 atom stereocenters. The monoisotopic (exact) mass is 374 g/mol. The molecule has 3 aromatic carbocycles. The Morgan fingerprint density at radius 2 is 1.50 bits per heavy atom. The fraction of sp³-hybridized carbons (Fsp3) is 0.360. The van der Waals surface area contributed by atoms with Gasteiger partial charge in [0, 0.05) is 38.4 Å². The molecule has 3 nitrogen and oxygen atoms in total. The van der Waals surface area contributed by atoms with E-state index in [1.165, 1.54) is 27.6 Å². The van der Waals surface area contributed by atoms with E-state index < -0.39 is 0 Å². The first-order valence-corrected chi connectivity index (χ1v) is 10.4. The molecule has 1 saturated heterocycles. The van der Waals surface area contributed by atoms with Crippen LogP contribution >= 0.6 is 0 Å². The van der Waals surface area contributed by atoms with Crippen LogP contribution in [0.4, 0.5) is 5.69 Å². The molecule has 0 aliphatic carbocycles. The highest BCUT2D eigenvalue weighted by Crippen LogP contribution is 2.25. The van der Waals surface area contributed by atoms with Gasteiger partial charge < -0.3 is 9.64 Å². The van der Waals surface area contributed by atoms with Gasteiger partial charge in [0.15, 0.2) is 0 Å². The van der Waals surface area contributed by atoms with Crippen molar-refractivity contribution in [3.05, 3.63) is 71.8 Å². The highest BCUT2D eigenvalue weighted by molar-refractivity contribution is 5.83. The number of piperazine rings is 1. The molecule has 0 N–H and O–H groups in total. The third kappa shape index (κ3) is 4.31. The van der Waals surface area contributed by atoms with E-state index >= 15 is 0 Å². The molecule has 28 heavy (non-hydrogen) atoms. The predicted molar refractivity (Wildman–Crippen MR) is 119 cm³/mol. The van der Waals surface area contributed by atoms with Gasteiger partial charge in [-0.2, -0.15) is 0 Å². The largest absolute Gasteiger partial charge is 0.494 e. The molecular formula is C25H30N2O. The summed E-state index contributed by atoms with van der Waals surface area (Å²) in [4.78, 5) is 5.11. The molecule has 0 spiro atoms. The topological polar surface area (TPSA) is 15.7 Å². The minimum absolute atomic E-state index is 0.773. The third-order valence-corrected chi connectivity index (χ3v) is 5.74. The average molecular weight is 375 g/mol. The molecule has 0 bridgehead atoms. The first-order chi connectivity index (χ1) is 13.7. The summed E-state index contributed by atoms with van der Waals surface area (Å²) in [5.74, 6) is 0.971. The van der Waals surface area contributed by atoms with E-state index in [1.807, 2.05) is 0 Å². The summed E-state index contributed by atoms with van der Waals surface area (Å²) < 4.78 is 5.99. The summed E-state index contributed by atoms with van der Waals surface area (Å²) in [6, 6.07) is 21.4. The summed E-state index contributed by atoms with van der Waals surface area (Å²) >= 11 is 0.